The van der Waals surface area contributed by atoms with Gasteiger partial charge in [-0.1, -0.05) is 13.2 Å². The SMILES string of the molecule is C=CC(=O)OCCCCOc1ccc(C(=O)Oc2ccc(C(C)=NN=C(C)c3ccc(OC(=O)c4ccc(OCCCCOC(=O)C=C)cc4)c(OC)c3)cc2OC)cc1. The molecule has 0 bridgehead atoms. The van der Waals surface area contributed by atoms with Crippen LogP contribution in [-0.2, 0) is 19.1 Å². The molecule has 0 N–H and O–H groups in total. The van der Waals surface area contributed by atoms with E-state index in [1.807, 2.05) is 0 Å². The summed E-state index contributed by atoms with van der Waals surface area (Å²) in [6, 6.07) is 23.2. The van der Waals surface area contributed by atoms with E-state index in [-0.39, 0.29) is 24.7 Å². The standard InChI is InChI=1S/C46H48N2O12/c1-7-43(49)57-27-11-9-25-55-37-19-13-33(14-20-37)45(51)59-39-23-17-35(29-41(39)53-5)31(3)47-48-32(4)36-18-24-40(42(30-36)54-6)60-46(52)34-15-21-38(22-16-34)56-26-10-12-28-58-44(50)8-2/h7-8,13-24,29-30H,1-2,9-12,25-28H2,3-6H3. The summed E-state index contributed by atoms with van der Waals surface area (Å²) in [5.41, 5.74) is 3.16. The number of carbonyl (C=O) groups is 4. The van der Waals surface area contributed by atoms with E-state index in [9.17, 15) is 19.2 Å². The van der Waals surface area contributed by atoms with Gasteiger partial charge in [0.2, 0.25) is 0 Å². The molecule has 14 nitrogen and oxygen atoms in total. The molecule has 0 aliphatic heterocycles. The number of nitrogens with zero attached hydrogens (tertiary/aromatic N) is 2. The summed E-state index contributed by atoms with van der Waals surface area (Å²) in [6.45, 7) is 11.7. The molecule has 0 spiro atoms. The Morgan fingerprint density at radius 2 is 0.850 bits per heavy atom. The minimum absolute atomic E-state index is 0.226. The van der Waals surface area contributed by atoms with Crippen molar-refractivity contribution in [2.24, 2.45) is 10.2 Å². The third-order valence-corrected chi connectivity index (χ3v) is 8.53. The van der Waals surface area contributed by atoms with Crippen molar-refractivity contribution in [3.05, 3.63) is 132 Å². The van der Waals surface area contributed by atoms with Gasteiger partial charge >= 0.3 is 23.9 Å². The number of ether oxygens (including phenoxy) is 8. The van der Waals surface area contributed by atoms with E-state index >= 15 is 0 Å². The molecule has 0 saturated carbocycles. The van der Waals surface area contributed by atoms with Crippen LogP contribution in [0.5, 0.6) is 34.5 Å². The number of esters is 4. The van der Waals surface area contributed by atoms with Crippen LogP contribution >= 0.6 is 0 Å². The van der Waals surface area contributed by atoms with Crippen molar-refractivity contribution in [3.63, 3.8) is 0 Å². The average molecular weight is 821 g/mol. The van der Waals surface area contributed by atoms with Gasteiger partial charge in [-0.05, 0) is 124 Å². The first-order chi connectivity index (χ1) is 29.0. The molecule has 0 aromatic heterocycles. The summed E-state index contributed by atoms with van der Waals surface area (Å²) < 4.78 is 43.6. The normalized spacial score (nSPS) is 11.1. The molecule has 0 radical (unpaired) electrons. The molecule has 0 saturated heterocycles. The topological polar surface area (TPSA) is 167 Å². The van der Waals surface area contributed by atoms with Gasteiger partial charge in [-0.25, -0.2) is 19.2 Å². The minimum Gasteiger partial charge on any atom is -0.494 e. The lowest BCUT2D eigenvalue weighted by atomic mass is 10.1. The summed E-state index contributed by atoms with van der Waals surface area (Å²) in [5.74, 6) is 0.215. The van der Waals surface area contributed by atoms with Gasteiger partial charge in [0.1, 0.15) is 11.5 Å². The number of methoxy groups -OCH3 is 2. The lowest BCUT2D eigenvalue weighted by molar-refractivity contribution is -0.138. The van der Waals surface area contributed by atoms with Crippen LogP contribution in [0.25, 0.3) is 0 Å². The lowest BCUT2D eigenvalue weighted by Gasteiger charge is -2.12. The number of carbonyl (C=O) groups excluding carboxylic acids is 4. The first-order valence-electron chi connectivity index (χ1n) is 19.0. The molecule has 0 amide bonds. The molecular formula is C46H48N2O12. The molecule has 4 rings (SSSR count). The second kappa shape index (κ2) is 23.9. The van der Waals surface area contributed by atoms with Crippen LogP contribution in [-0.4, -0.2) is 75.9 Å². The van der Waals surface area contributed by atoms with E-state index in [4.69, 9.17) is 37.9 Å². The Kier molecular flexibility index (Phi) is 18.1. The lowest BCUT2D eigenvalue weighted by Crippen LogP contribution is -2.10. The van der Waals surface area contributed by atoms with E-state index in [1.165, 1.54) is 14.2 Å². The van der Waals surface area contributed by atoms with Crippen LogP contribution < -0.4 is 28.4 Å². The van der Waals surface area contributed by atoms with E-state index in [2.05, 4.69) is 23.4 Å². The molecule has 0 heterocycles. The number of unbranched alkanes of at least 4 members (excludes halogenated alkanes) is 2. The molecule has 0 atom stereocenters. The highest BCUT2D eigenvalue weighted by atomic mass is 16.6. The summed E-state index contributed by atoms with van der Waals surface area (Å²) in [6.07, 6.45) is 4.91. The maximum atomic E-state index is 12.9. The van der Waals surface area contributed by atoms with Gasteiger partial charge in [0.05, 0.1) is 63.2 Å². The molecule has 0 aliphatic rings. The van der Waals surface area contributed by atoms with Crippen LogP contribution in [0, 0.1) is 0 Å². The molecule has 4 aromatic carbocycles. The highest BCUT2D eigenvalue weighted by molar-refractivity contribution is 6.02. The Labute approximate surface area is 349 Å². The van der Waals surface area contributed by atoms with E-state index in [0.29, 0.717) is 95.6 Å². The van der Waals surface area contributed by atoms with Crippen molar-refractivity contribution >= 4 is 35.3 Å². The number of benzene rings is 4. The monoisotopic (exact) mass is 820 g/mol. The fourth-order valence-electron chi connectivity index (χ4n) is 5.16. The molecular weight excluding hydrogens is 773 g/mol. The Balaban J connectivity index is 1.30. The largest absolute Gasteiger partial charge is 0.494 e. The smallest absolute Gasteiger partial charge is 0.343 e. The molecule has 60 heavy (non-hydrogen) atoms. The summed E-state index contributed by atoms with van der Waals surface area (Å²) in [7, 11) is 2.94. The summed E-state index contributed by atoms with van der Waals surface area (Å²) >= 11 is 0. The molecule has 0 unspecified atom stereocenters. The van der Waals surface area contributed by atoms with E-state index in [1.54, 1.807) is 98.8 Å². The Bertz CT molecular complexity index is 2020. The second-order valence-electron chi connectivity index (χ2n) is 12.8. The fraction of sp³-hybridized carbons (Fsp3) is 0.261. The van der Waals surface area contributed by atoms with Gasteiger partial charge in [0, 0.05) is 23.3 Å². The van der Waals surface area contributed by atoms with Crippen LogP contribution in [0.4, 0.5) is 0 Å². The number of rotatable bonds is 23. The average Bonchev–Trinajstić information content (AvgIpc) is 3.27. The van der Waals surface area contributed by atoms with Crippen molar-refractivity contribution in [2.75, 3.05) is 40.6 Å². The van der Waals surface area contributed by atoms with Crippen molar-refractivity contribution in [3.8, 4) is 34.5 Å². The zero-order valence-corrected chi connectivity index (χ0v) is 34.1. The molecule has 0 fully saturated rings. The Morgan fingerprint density at radius 1 is 0.500 bits per heavy atom. The third-order valence-electron chi connectivity index (χ3n) is 8.53. The van der Waals surface area contributed by atoms with Gasteiger partial charge in [-0.3, -0.25) is 0 Å². The minimum atomic E-state index is -0.575. The van der Waals surface area contributed by atoms with Gasteiger partial charge < -0.3 is 37.9 Å². The van der Waals surface area contributed by atoms with Crippen molar-refractivity contribution in [1.29, 1.82) is 0 Å². The highest BCUT2D eigenvalue weighted by Crippen LogP contribution is 2.31. The van der Waals surface area contributed by atoms with Crippen molar-refractivity contribution < 1.29 is 57.1 Å². The summed E-state index contributed by atoms with van der Waals surface area (Å²) in [4.78, 5) is 48.1. The quantitative estimate of drug-likeness (QED) is 0.0176. The molecule has 14 heteroatoms. The van der Waals surface area contributed by atoms with Crippen LogP contribution in [0.1, 0.15) is 71.4 Å². The summed E-state index contributed by atoms with van der Waals surface area (Å²) in [5, 5.41) is 8.80. The van der Waals surface area contributed by atoms with Gasteiger partial charge in [-0.2, -0.15) is 10.2 Å². The maximum absolute atomic E-state index is 12.9. The predicted octanol–water partition coefficient (Wildman–Crippen LogP) is 8.15. The van der Waals surface area contributed by atoms with Crippen LogP contribution in [0.3, 0.4) is 0 Å². The van der Waals surface area contributed by atoms with Crippen molar-refractivity contribution in [1.82, 2.24) is 0 Å². The maximum Gasteiger partial charge on any atom is 0.343 e. The first-order valence-corrected chi connectivity index (χ1v) is 19.0. The number of hydrogen-bond acceptors (Lipinski definition) is 14. The predicted molar refractivity (Wildman–Crippen MR) is 225 cm³/mol. The molecule has 314 valence electrons. The highest BCUT2D eigenvalue weighted by Gasteiger charge is 2.16. The van der Waals surface area contributed by atoms with Gasteiger partial charge in [-0.15, -0.1) is 0 Å². The fourth-order valence-corrected chi connectivity index (χ4v) is 5.16. The third kappa shape index (κ3) is 14.3. The zero-order chi connectivity index (χ0) is 43.3. The molecule has 0 aliphatic carbocycles. The van der Waals surface area contributed by atoms with Crippen LogP contribution in [0.2, 0.25) is 0 Å². The van der Waals surface area contributed by atoms with Gasteiger partial charge in [0.25, 0.3) is 0 Å². The Morgan fingerprint density at radius 3 is 1.20 bits per heavy atom. The van der Waals surface area contributed by atoms with Crippen LogP contribution in [0.15, 0.2) is 120 Å². The first kappa shape index (κ1) is 45.5. The second-order valence-corrected chi connectivity index (χ2v) is 12.8. The van der Waals surface area contributed by atoms with Crippen molar-refractivity contribution in [2.45, 2.75) is 39.5 Å². The molecule has 4 aromatic rings. The van der Waals surface area contributed by atoms with Gasteiger partial charge in [0.15, 0.2) is 23.0 Å². The van der Waals surface area contributed by atoms with E-state index in [0.717, 1.165) is 12.2 Å². The zero-order valence-electron chi connectivity index (χ0n) is 34.1. The number of hydrogen-bond donors (Lipinski definition) is 0. The Hall–Kier alpha value is -7.22. The van der Waals surface area contributed by atoms with E-state index < -0.39 is 23.9 Å².